The van der Waals surface area contributed by atoms with Gasteiger partial charge in [-0.05, 0) is 312 Å². The van der Waals surface area contributed by atoms with Crippen LogP contribution in [0, 0.1) is 100 Å². The average Bonchev–Trinajstić information content (AvgIpc) is 1.55. The molecular weight excluding hydrogens is 1500 g/mol. The molecule has 0 bridgehead atoms. The Hall–Kier alpha value is -8.66. The van der Waals surface area contributed by atoms with Crippen molar-refractivity contribution in [3.05, 3.63) is 332 Å². The summed E-state index contributed by atoms with van der Waals surface area (Å²) in [6.45, 7) is 44.0. The van der Waals surface area contributed by atoms with E-state index in [1.165, 1.54) is 154 Å². The molecule has 3 saturated carbocycles. The lowest BCUT2D eigenvalue weighted by molar-refractivity contribution is -0.0297. The third-order valence-corrected chi connectivity index (χ3v) is 33.3. The second-order valence-electron chi connectivity index (χ2n) is 39.4. The van der Waals surface area contributed by atoms with Crippen LogP contribution >= 0.6 is 0 Å². The maximum Gasteiger partial charge on any atom is 0.132 e. The van der Waals surface area contributed by atoms with Crippen molar-refractivity contribution in [2.75, 3.05) is 13.2 Å². The van der Waals surface area contributed by atoms with E-state index in [0.29, 0.717) is 66.2 Å². The summed E-state index contributed by atoms with van der Waals surface area (Å²) in [7, 11) is 0. The van der Waals surface area contributed by atoms with Gasteiger partial charge in [-0.1, -0.05) is 236 Å². The SMILES string of the molecule is C=CCCC1CC(C(C)C=C)(C(C=C)C(CCC(N/C=C/CCC(C)C2CC=CC3=C2c2ccccc2C32C(C=C)=C(C=C)OC3C4=C(C=CC32)C(C2C=CC(C=NC3=C5N=C(c6ccccc6)C=CC5CC=C3C=C)=CC2)NC2=C4CCC=C2)C2CCC(C3CCC(C4CC(C(CN)CC=C)NC5C=CCCC54)CC3)CC2)OCC=C)CC1CCCC. The van der Waals surface area contributed by atoms with Crippen LogP contribution in [0.15, 0.2) is 325 Å². The second-order valence-corrected chi connectivity index (χ2v) is 39.4. The number of aliphatic imine (C=N–C) groups is 2. The first-order valence-electron chi connectivity index (χ1n) is 48.7. The van der Waals surface area contributed by atoms with Crippen molar-refractivity contribution in [2.24, 2.45) is 116 Å². The molecule has 648 valence electrons. The Bertz CT molecular complexity index is 4750. The van der Waals surface area contributed by atoms with Crippen molar-refractivity contribution in [3.63, 3.8) is 0 Å². The predicted molar refractivity (Wildman–Crippen MR) is 519 cm³/mol. The molecule has 4 fully saturated rings. The van der Waals surface area contributed by atoms with Crippen LogP contribution in [0.1, 0.15) is 217 Å². The van der Waals surface area contributed by atoms with E-state index in [-0.39, 0.29) is 47.3 Å². The van der Waals surface area contributed by atoms with Gasteiger partial charge in [0.2, 0.25) is 0 Å². The lowest BCUT2D eigenvalue weighted by Gasteiger charge is -2.52. The van der Waals surface area contributed by atoms with E-state index in [1.807, 2.05) is 24.4 Å². The van der Waals surface area contributed by atoms with E-state index in [1.54, 1.807) is 0 Å². The molecule has 20 atom stereocenters. The van der Waals surface area contributed by atoms with Gasteiger partial charge in [0.1, 0.15) is 11.9 Å². The molecule has 0 aromatic heterocycles. The first-order chi connectivity index (χ1) is 60.4. The molecule has 10 aliphatic carbocycles. The Balaban J connectivity index is 0.638. The van der Waals surface area contributed by atoms with Gasteiger partial charge in [-0.3, -0.25) is 4.99 Å². The number of hydrogen-bond donors (Lipinski definition) is 4. The maximum atomic E-state index is 7.61. The smallest absolute Gasteiger partial charge is 0.132 e. The molecule has 8 nitrogen and oxygen atoms in total. The van der Waals surface area contributed by atoms with Gasteiger partial charge >= 0.3 is 0 Å². The summed E-state index contributed by atoms with van der Waals surface area (Å²) in [5.74, 6) is 8.82. The van der Waals surface area contributed by atoms with Crippen LogP contribution in [0.2, 0.25) is 0 Å². The van der Waals surface area contributed by atoms with Crippen LogP contribution in [-0.4, -0.2) is 61.5 Å². The molecule has 5 N–H and O–H groups in total. The van der Waals surface area contributed by atoms with Gasteiger partial charge in [0.15, 0.2) is 0 Å². The lowest BCUT2D eigenvalue weighted by Crippen LogP contribution is -2.56. The molecule has 20 unspecified atom stereocenters. The highest BCUT2D eigenvalue weighted by Crippen LogP contribution is 2.66. The van der Waals surface area contributed by atoms with Crippen LogP contribution in [0.4, 0.5) is 0 Å². The number of rotatable bonds is 37. The number of piperidine rings is 1. The lowest BCUT2D eigenvalue weighted by atomic mass is 9.56. The molecule has 2 aromatic carbocycles. The average molecular weight is 1640 g/mol. The van der Waals surface area contributed by atoms with Gasteiger partial charge in [0, 0.05) is 70.4 Å². The Morgan fingerprint density at radius 2 is 1.52 bits per heavy atom. The molecule has 8 heteroatoms. The Labute approximate surface area is 741 Å². The topological polar surface area (TPSA) is 105 Å². The van der Waals surface area contributed by atoms with Crippen molar-refractivity contribution < 1.29 is 9.47 Å². The van der Waals surface area contributed by atoms with E-state index in [4.69, 9.17) is 31.8 Å². The van der Waals surface area contributed by atoms with Gasteiger partial charge < -0.3 is 31.2 Å². The number of ether oxygens (including phenoxy) is 2. The molecule has 4 aliphatic heterocycles. The van der Waals surface area contributed by atoms with E-state index < -0.39 is 5.41 Å². The van der Waals surface area contributed by atoms with Crippen LogP contribution in [0.3, 0.4) is 0 Å². The molecule has 0 radical (unpaired) electrons. The van der Waals surface area contributed by atoms with Crippen molar-refractivity contribution in [3.8, 4) is 0 Å². The van der Waals surface area contributed by atoms with Crippen molar-refractivity contribution >= 4 is 17.5 Å². The Morgan fingerprint density at radius 3 is 2.26 bits per heavy atom. The summed E-state index contributed by atoms with van der Waals surface area (Å²) in [6.07, 6.45) is 90.0. The fraction of sp³-hybridized carbons (Fsp3) is 0.496. The number of allylic oxidation sites excluding steroid dienone is 21. The van der Waals surface area contributed by atoms with E-state index in [2.05, 4.69) is 265 Å². The van der Waals surface area contributed by atoms with Crippen LogP contribution < -0.4 is 21.7 Å². The number of nitrogens with one attached hydrogen (secondary N) is 3. The van der Waals surface area contributed by atoms with Gasteiger partial charge in [-0.15, -0.1) is 32.9 Å². The Kier molecular flexibility index (Phi) is 28.8. The summed E-state index contributed by atoms with van der Waals surface area (Å²) < 4.78 is 14.8. The van der Waals surface area contributed by atoms with Gasteiger partial charge in [-0.25, -0.2) is 4.99 Å². The van der Waals surface area contributed by atoms with Gasteiger partial charge in [0.05, 0.1) is 41.3 Å². The molecule has 0 amide bonds. The van der Waals surface area contributed by atoms with E-state index in [9.17, 15) is 0 Å². The minimum Gasteiger partial charge on any atom is -0.485 e. The Morgan fingerprint density at radius 1 is 0.724 bits per heavy atom. The predicted octanol–water partition coefficient (Wildman–Crippen LogP) is 26.4. The zero-order valence-electron chi connectivity index (χ0n) is 75.0. The number of dihydropyridines is 2. The number of hydrogen-bond acceptors (Lipinski definition) is 8. The number of benzene rings is 2. The third-order valence-electron chi connectivity index (χ3n) is 33.3. The molecule has 14 aliphatic rings. The molecule has 1 saturated heterocycles. The van der Waals surface area contributed by atoms with Gasteiger partial charge in [-0.2, -0.15) is 0 Å². The third kappa shape index (κ3) is 17.6. The quantitative estimate of drug-likeness (QED) is 0.0397. The largest absolute Gasteiger partial charge is 0.485 e. The summed E-state index contributed by atoms with van der Waals surface area (Å²) in [4.78, 5) is 10.5. The molecule has 16 rings (SSSR count). The number of nitrogens with two attached hydrogens (primary N) is 1. The fourth-order valence-corrected chi connectivity index (χ4v) is 26.9. The summed E-state index contributed by atoms with van der Waals surface area (Å²) in [5, 5.41) is 12.5. The highest BCUT2D eigenvalue weighted by molar-refractivity contribution is 6.10. The standard InChI is InChI=1S/C115H146N6O2/c1-12-21-37-87-72-114(77(11)16-5,73-88(87)38-22-13-2)96(18-7)107(122-70-15-4)68-67-101(84-60-56-81(57-61-84)80-54-58-82(59-55-80)95-71-105(89(74-116)35-14-3)119-103-47-30-27-41-91(95)103)117-69-33-32-36-76(10)90-44-34-46-99-108(90)92-42-26-29-45-98(92)115(99)97(19-8)106(20-9)123-113-100(115)65-64-94-109(113)93-43-28-31-48-104(93)121-110(94)85-51-49-78(50-52-85)75-118-111-79(17-6)53-62-86-63-66-102(120-112(86)111)83-39-24-23-25-40-83/h12,14-20,23-26,29-31,33-34,39-40,42,45-51,53,63-66,69,75-77,80-82,84-91,95-96,100-101,103,105,107,110,113,117,119,121H,1,3-9,13,21-22,27-28,32,35-38,41,43-44,52,54-62,67-68,70-74,116H2,2,10-11H3/b69-33+,118-75?. The highest BCUT2D eigenvalue weighted by atomic mass is 16.5. The van der Waals surface area contributed by atoms with Gasteiger partial charge in [0.25, 0.3) is 0 Å². The number of nitrogens with zero attached hydrogens (tertiary/aromatic N) is 2. The van der Waals surface area contributed by atoms with Crippen LogP contribution in [-0.2, 0) is 14.9 Å². The van der Waals surface area contributed by atoms with Crippen LogP contribution in [0.25, 0.3) is 5.57 Å². The normalized spacial score (nSPS) is 33.2. The molecule has 1 spiro atoms. The zero-order chi connectivity index (χ0) is 85.1. The molecule has 4 heterocycles. The van der Waals surface area contributed by atoms with Crippen molar-refractivity contribution in [1.29, 1.82) is 0 Å². The first-order valence-corrected chi connectivity index (χ1v) is 48.7. The maximum absolute atomic E-state index is 7.61. The minimum absolute atomic E-state index is 0.0245. The summed E-state index contributed by atoms with van der Waals surface area (Å²) in [6, 6.07) is 21.2. The van der Waals surface area contributed by atoms with Crippen LogP contribution in [0.5, 0.6) is 0 Å². The van der Waals surface area contributed by atoms with E-state index in [0.717, 1.165) is 152 Å². The van der Waals surface area contributed by atoms with Crippen molar-refractivity contribution in [1.82, 2.24) is 16.0 Å². The van der Waals surface area contributed by atoms with E-state index >= 15 is 0 Å². The highest BCUT2D eigenvalue weighted by Gasteiger charge is 2.61. The number of fused-ring (bicyclic) bond motifs is 10. The summed E-state index contributed by atoms with van der Waals surface area (Å²) >= 11 is 0. The first kappa shape index (κ1) is 87.8. The molecule has 2 aromatic rings. The molecular formula is C115H146N6O2. The minimum atomic E-state index is -0.561. The zero-order valence-corrected chi connectivity index (χ0v) is 75.0. The van der Waals surface area contributed by atoms with Crippen molar-refractivity contribution in [2.45, 2.75) is 242 Å². The summed E-state index contributed by atoms with van der Waals surface area (Å²) in [5.41, 5.74) is 24.1. The number of unbranched alkanes of at least 4 members (excludes halogenated alkanes) is 1. The fourth-order valence-electron chi connectivity index (χ4n) is 26.9. The second kappa shape index (κ2) is 40.3. The molecule has 123 heavy (non-hydrogen) atoms. The monoisotopic (exact) mass is 1640 g/mol.